The molecule has 0 aromatic heterocycles. The predicted octanol–water partition coefficient (Wildman–Crippen LogP) is 11.7. The Hall–Kier alpha value is -1.87. The molecule has 0 spiro atoms. The van der Waals surface area contributed by atoms with Gasteiger partial charge in [0.25, 0.3) is 0 Å². The fourth-order valence-corrected chi connectivity index (χ4v) is 7.04. The van der Waals surface area contributed by atoms with Gasteiger partial charge >= 0.3 is 18.1 Å². The fraction of sp³-hybridized carbons (Fsp3) is 0.930. The minimum absolute atomic E-state index is 0.0540. The van der Waals surface area contributed by atoms with Crippen molar-refractivity contribution in [2.45, 2.75) is 219 Å². The summed E-state index contributed by atoms with van der Waals surface area (Å²) in [6.45, 7) is 9.01. The summed E-state index contributed by atoms with van der Waals surface area (Å²) in [4.78, 5) is 35.5. The largest absolute Gasteiger partial charge is 0.503 e. The summed E-state index contributed by atoms with van der Waals surface area (Å²) in [6, 6.07) is 0.317. The molecule has 1 heterocycles. The SMILES string of the molecule is CCCCCCCCCCCCCCCCC(=O)OCCC1CNCCN1CCOC(=O)CCCCCCCCCCCCCCCC.O=C(O)O. The molecule has 0 aromatic carbocycles. The lowest BCUT2D eigenvalue weighted by Gasteiger charge is -2.35. The van der Waals surface area contributed by atoms with Crippen LogP contribution in [0, 0.1) is 0 Å². The summed E-state index contributed by atoms with van der Waals surface area (Å²) in [6.07, 6.45) is 37.1. The standard InChI is InChI=1S/C42H82N2O4.CH2O3/c1-3-5-7-9-11-13-15-17-19-21-23-25-27-29-31-41(45)47-37-33-40-39-43-34-35-44(40)36-38-48-42(46)32-30-28-26-24-22-20-18-16-14-12-10-8-6-4-2;2-1(3)4/h40,43H,3-39H2,1-2H3;(H2,2,3,4). The Morgan fingerprint density at radius 1 is 0.538 bits per heavy atom. The highest BCUT2D eigenvalue weighted by atomic mass is 16.6. The summed E-state index contributed by atoms with van der Waals surface area (Å²) in [5.74, 6) is -0.111. The van der Waals surface area contributed by atoms with Gasteiger partial charge in [0, 0.05) is 45.1 Å². The molecular formula is C43H84N2O7. The summed E-state index contributed by atoms with van der Waals surface area (Å²) in [5, 5.41) is 17.4. The third-order valence-electron chi connectivity index (χ3n) is 10.3. The van der Waals surface area contributed by atoms with Gasteiger partial charge < -0.3 is 25.0 Å². The minimum atomic E-state index is -1.83. The molecule has 9 heteroatoms. The van der Waals surface area contributed by atoms with Gasteiger partial charge in [-0.1, -0.05) is 181 Å². The third kappa shape index (κ3) is 37.9. The number of nitrogens with zero attached hydrogens (tertiary/aromatic N) is 1. The Balaban J connectivity index is 0.00000615. The van der Waals surface area contributed by atoms with E-state index in [1.165, 1.54) is 154 Å². The lowest BCUT2D eigenvalue weighted by atomic mass is 10.0. The maximum absolute atomic E-state index is 12.3. The van der Waals surface area contributed by atoms with Gasteiger partial charge in [-0.15, -0.1) is 0 Å². The zero-order chi connectivity index (χ0) is 38.2. The normalized spacial score (nSPS) is 14.5. The maximum atomic E-state index is 12.3. The van der Waals surface area contributed by atoms with E-state index in [1.807, 2.05) is 0 Å². The van der Waals surface area contributed by atoms with Crippen LogP contribution in [0.1, 0.15) is 213 Å². The molecule has 0 radical (unpaired) electrons. The molecule has 1 aliphatic rings. The van der Waals surface area contributed by atoms with Crippen LogP contribution in [-0.4, -0.2) is 78.6 Å². The Morgan fingerprint density at radius 2 is 0.865 bits per heavy atom. The molecule has 52 heavy (non-hydrogen) atoms. The van der Waals surface area contributed by atoms with Gasteiger partial charge in [-0.05, 0) is 19.3 Å². The first kappa shape index (κ1) is 50.1. The van der Waals surface area contributed by atoms with Gasteiger partial charge in [-0.2, -0.15) is 0 Å². The van der Waals surface area contributed by atoms with Gasteiger partial charge in [-0.25, -0.2) is 4.79 Å². The number of esters is 2. The molecule has 0 amide bonds. The Labute approximate surface area is 320 Å². The van der Waals surface area contributed by atoms with Crippen molar-refractivity contribution in [1.29, 1.82) is 0 Å². The number of hydrogen-bond acceptors (Lipinski definition) is 7. The molecule has 308 valence electrons. The molecule has 1 rings (SSSR count). The molecule has 1 aliphatic heterocycles. The monoisotopic (exact) mass is 741 g/mol. The number of carbonyl (C=O) groups is 3. The van der Waals surface area contributed by atoms with E-state index in [0.717, 1.165) is 58.3 Å². The number of rotatable bonds is 36. The van der Waals surface area contributed by atoms with Crippen LogP contribution in [0.2, 0.25) is 0 Å². The van der Waals surface area contributed by atoms with Gasteiger partial charge in [0.05, 0.1) is 6.61 Å². The van der Waals surface area contributed by atoms with E-state index >= 15 is 0 Å². The highest BCUT2D eigenvalue weighted by molar-refractivity contribution is 5.69. The lowest BCUT2D eigenvalue weighted by Crippen LogP contribution is -2.52. The van der Waals surface area contributed by atoms with Crippen molar-refractivity contribution >= 4 is 18.1 Å². The van der Waals surface area contributed by atoms with Crippen molar-refractivity contribution in [1.82, 2.24) is 10.2 Å². The Kier molecular flexibility index (Phi) is 38.9. The topological polar surface area (TPSA) is 125 Å². The number of ether oxygens (including phenoxy) is 2. The van der Waals surface area contributed by atoms with Crippen molar-refractivity contribution in [3.63, 3.8) is 0 Å². The van der Waals surface area contributed by atoms with E-state index in [-0.39, 0.29) is 11.9 Å². The van der Waals surface area contributed by atoms with E-state index in [2.05, 4.69) is 24.1 Å². The van der Waals surface area contributed by atoms with Crippen LogP contribution in [0.4, 0.5) is 4.79 Å². The Morgan fingerprint density at radius 3 is 1.23 bits per heavy atom. The molecular weight excluding hydrogens is 656 g/mol. The number of carbonyl (C=O) groups excluding carboxylic acids is 2. The van der Waals surface area contributed by atoms with Crippen LogP contribution in [0.3, 0.4) is 0 Å². The lowest BCUT2D eigenvalue weighted by molar-refractivity contribution is -0.146. The summed E-state index contributed by atoms with van der Waals surface area (Å²) in [7, 11) is 0. The average molecular weight is 741 g/mol. The van der Waals surface area contributed by atoms with E-state index in [9.17, 15) is 9.59 Å². The van der Waals surface area contributed by atoms with Crippen LogP contribution in [0.15, 0.2) is 0 Å². The predicted molar refractivity (Wildman–Crippen MR) is 215 cm³/mol. The van der Waals surface area contributed by atoms with Crippen LogP contribution in [0.25, 0.3) is 0 Å². The van der Waals surface area contributed by atoms with Crippen LogP contribution in [-0.2, 0) is 19.1 Å². The molecule has 1 fully saturated rings. The van der Waals surface area contributed by atoms with Gasteiger partial charge in [0.1, 0.15) is 6.61 Å². The van der Waals surface area contributed by atoms with Crippen LogP contribution >= 0.6 is 0 Å². The fourth-order valence-electron chi connectivity index (χ4n) is 7.04. The first-order valence-corrected chi connectivity index (χ1v) is 22.1. The second-order valence-electron chi connectivity index (χ2n) is 15.1. The number of unbranched alkanes of at least 4 members (excludes halogenated alkanes) is 26. The van der Waals surface area contributed by atoms with Gasteiger partial charge in [0.2, 0.25) is 0 Å². The van der Waals surface area contributed by atoms with Crippen molar-refractivity contribution < 1.29 is 34.1 Å². The van der Waals surface area contributed by atoms with E-state index in [0.29, 0.717) is 32.1 Å². The minimum Gasteiger partial charge on any atom is -0.466 e. The Bertz CT molecular complexity index is 735. The molecule has 0 aliphatic carbocycles. The zero-order valence-corrected chi connectivity index (χ0v) is 34.1. The third-order valence-corrected chi connectivity index (χ3v) is 10.3. The molecule has 0 aromatic rings. The second kappa shape index (κ2) is 40.3. The molecule has 1 saturated heterocycles. The second-order valence-corrected chi connectivity index (χ2v) is 15.1. The highest BCUT2D eigenvalue weighted by Crippen LogP contribution is 2.15. The zero-order valence-electron chi connectivity index (χ0n) is 34.1. The van der Waals surface area contributed by atoms with Crippen molar-refractivity contribution in [3.8, 4) is 0 Å². The molecule has 0 bridgehead atoms. The van der Waals surface area contributed by atoms with Crippen molar-refractivity contribution in [2.75, 3.05) is 39.4 Å². The molecule has 0 saturated carbocycles. The average Bonchev–Trinajstić information content (AvgIpc) is 3.12. The van der Waals surface area contributed by atoms with Crippen LogP contribution < -0.4 is 5.32 Å². The first-order valence-electron chi connectivity index (χ1n) is 22.1. The summed E-state index contributed by atoms with van der Waals surface area (Å²) in [5.41, 5.74) is 0. The number of carboxylic acid groups (broad SMARTS) is 2. The number of hydrogen-bond donors (Lipinski definition) is 3. The highest BCUT2D eigenvalue weighted by Gasteiger charge is 2.22. The van der Waals surface area contributed by atoms with Gasteiger partial charge in [0.15, 0.2) is 0 Å². The first-order chi connectivity index (χ1) is 25.4. The van der Waals surface area contributed by atoms with Crippen LogP contribution in [0.5, 0.6) is 0 Å². The molecule has 1 unspecified atom stereocenters. The van der Waals surface area contributed by atoms with E-state index in [1.54, 1.807) is 0 Å². The van der Waals surface area contributed by atoms with Crippen molar-refractivity contribution in [3.05, 3.63) is 0 Å². The van der Waals surface area contributed by atoms with Crippen molar-refractivity contribution in [2.24, 2.45) is 0 Å². The number of nitrogens with one attached hydrogen (secondary N) is 1. The summed E-state index contributed by atoms with van der Waals surface area (Å²) < 4.78 is 11.2. The molecule has 1 atom stereocenters. The van der Waals surface area contributed by atoms with Gasteiger partial charge in [-0.3, -0.25) is 14.5 Å². The maximum Gasteiger partial charge on any atom is 0.503 e. The van der Waals surface area contributed by atoms with E-state index in [4.69, 9.17) is 24.5 Å². The molecule has 9 nitrogen and oxygen atoms in total. The number of piperazine rings is 1. The molecule has 3 N–H and O–H groups in total. The summed E-state index contributed by atoms with van der Waals surface area (Å²) >= 11 is 0. The van der Waals surface area contributed by atoms with E-state index < -0.39 is 6.16 Å². The quantitative estimate of drug-likeness (QED) is 0.0425. The smallest absolute Gasteiger partial charge is 0.466 e.